The number of aryl methyl sites for hydroxylation is 1. The van der Waals surface area contributed by atoms with Crippen molar-refractivity contribution in [2.45, 2.75) is 25.8 Å². The van der Waals surface area contributed by atoms with Crippen molar-refractivity contribution in [1.82, 2.24) is 10.2 Å². The molecule has 0 bridgehead atoms. The molecule has 3 saturated heterocycles. The number of anilines is 1. The van der Waals surface area contributed by atoms with Gasteiger partial charge in [-0.3, -0.25) is 9.69 Å². The summed E-state index contributed by atoms with van der Waals surface area (Å²) in [6.45, 7) is 7.10. The molecule has 4 rings (SSSR count). The van der Waals surface area contributed by atoms with Crippen LogP contribution in [0.5, 0.6) is 0 Å². The third-order valence-electron chi connectivity index (χ3n) is 5.85. The van der Waals surface area contributed by atoms with E-state index in [0.29, 0.717) is 12.0 Å². The van der Waals surface area contributed by atoms with Crippen LogP contribution in [0.2, 0.25) is 5.02 Å². The van der Waals surface area contributed by atoms with Gasteiger partial charge in [0, 0.05) is 55.4 Å². The van der Waals surface area contributed by atoms with Crippen LogP contribution in [0.25, 0.3) is 0 Å². The van der Waals surface area contributed by atoms with Crippen LogP contribution < -0.4 is 10.2 Å². The van der Waals surface area contributed by atoms with Gasteiger partial charge in [0.25, 0.3) is 0 Å². The van der Waals surface area contributed by atoms with E-state index < -0.39 is 0 Å². The van der Waals surface area contributed by atoms with Crippen LogP contribution in [-0.4, -0.2) is 49.6 Å². The van der Waals surface area contributed by atoms with Crippen molar-refractivity contribution >= 4 is 23.2 Å². The molecule has 4 nitrogen and oxygen atoms in total. The maximum absolute atomic E-state index is 11.8. The van der Waals surface area contributed by atoms with E-state index in [1.807, 2.05) is 6.92 Å². The summed E-state index contributed by atoms with van der Waals surface area (Å²) >= 11 is 6.26. The van der Waals surface area contributed by atoms with Gasteiger partial charge in [0.1, 0.15) is 0 Å². The summed E-state index contributed by atoms with van der Waals surface area (Å²) in [5.74, 6) is 1.05. The number of rotatable bonds is 2. The fourth-order valence-corrected chi connectivity index (χ4v) is 4.51. The predicted octanol–water partition coefficient (Wildman–Crippen LogP) is 2.30. The molecule has 0 saturated carbocycles. The van der Waals surface area contributed by atoms with Crippen LogP contribution in [0, 0.1) is 18.8 Å². The highest BCUT2D eigenvalue weighted by Gasteiger charge is 2.44. The Morgan fingerprint density at radius 2 is 2.00 bits per heavy atom. The van der Waals surface area contributed by atoms with E-state index in [0.717, 1.165) is 43.3 Å². The normalized spacial score (nSPS) is 29.0. The van der Waals surface area contributed by atoms with Gasteiger partial charge in [0.15, 0.2) is 0 Å². The van der Waals surface area contributed by atoms with Crippen molar-refractivity contribution in [3.05, 3.63) is 28.8 Å². The van der Waals surface area contributed by atoms with E-state index in [1.165, 1.54) is 18.5 Å². The fraction of sp³-hybridized carbons (Fsp3) is 0.611. The Balaban J connectivity index is 1.36. The first-order valence-corrected chi connectivity index (χ1v) is 9.02. The number of carbonyl (C=O) groups excluding carboxylic acids is 1. The highest BCUT2D eigenvalue weighted by Crippen LogP contribution is 2.32. The Bertz CT molecular complexity index is 612. The summed E-state index contributed by atoms with van der Waals surface area (Å²) in [5.41, 5.74) is 2.36. The lowest BCUT2D eigenvalue weighted by Crippen LogP contribution is -2.45. The molecule has 3 heterocycles. The Labute approximate surface area is 142 Å². The number of hydrogen-bond acceptors (Lipinski definition) is 3. The molecular formula is C18H24ClN3O. The summed E-state index contributed by atoms with van der Waals surface area (Å²) in [7, 11) is 0. The lowest BCUT2D eigenvalue weighted by atomic mass is 10.0. The average molecular weight is 334 g/mol. The zero-order chi connectivity index (χ0) is 16.0. The maximum atomic E-state index is 11.8. The molecule has 1 aromatic rings. The zero-order valence-corrected chi connectivity index (χ0v) is 14.4. The third kappa shape index (κ3) is 2.83. The SMILES string of the molecule is Cc1ccc(N2CCC(N3C[C@@H]4CNC(=O)[C@@H]4C3)CC2)cc1Cl. The number of nitrogens with zero attached hydrogens (tertiary/aromatic N) is 2. The number of piperidine rings is 1. The van der Waals surface area contributed by atoms with E-state index in [4.69, 9.17) is 11.6 Å². The second kappa shape index (κ2) is 5.99. The first kappa shape index (κ1) is 15.3. The van der Waals surface area contributed by atoms with Crippen LogP contribution >= 0.6 is 11.6 Å². The minimum absolute atomic E-state index is 0.240. The van der Waals surface area contributed by atoms with E-state index >= 15 is 0 Å². The highest BCUT2D eigenvalue weighted by atomic mass is 35.5. The van der Waals surface area contributed by atoms with Crippen molar-refractivity contribution in [3.63, 3.8) is 0 Å². The Morgan fingerprint density at radius 3 is 2.70 bits per heavy atom. The Morgan fingerprint density at radius 1 is 1.22 bits per heavy atom. The summed E-state index contributed by atoms with van der Waals surface area (Å²) in [6, 6.07) is 6.99. The van der Waals surface area contributed by atoms with Gasteiger partial charge in [-0.05, 0) is 37.5 Å². The molecule has 5 heteroatoms. The molecule has 0 spiro atoms. The zero-order valence-electron chi connectivity index (χ0n) is 13.6. The van der Waals surface area contributed by atoms with Crippen LogP contribution in [0.1, 0.15) is 18.4 Å². The quantitative estimate of drug-likeness (QED) is 0.902. The van der Waals surface area contributed by atoms with Gasteiger partial charge in [0.2, 0.25) is 5.91 Å². The topological polar surface area (TPSA) is 35.6 Å². The van der Waals surface area contributed by atoms with Crippen molar-refractivity contribution in [2.24, 2.45) is 11.8 Å². The Hall–Kier alpha value is -1.26. The second-order valence-electron chi connectivity index (χ2n) is 7.22. The number of benzene rings is 1. The number of likely N-dealkylation sites (tertiary alicyclic amines) is 1. The molecule has 0 aromatic heterocycles. The molecule has 3 fully saturated rings. The minimum Gasteiger partial charge on any atom is -0.371 e. The maximum Gasteiger partial charge on any atom is 0.224 e. The highest BCUT2D eigenvalue weighted by molar-refractivity contribution is 6.31. The molecule has 2 atom stereocenters. The average Bonchev–Trinajstić information content (AvgIpc) is 3.13. The molecule has 0 aliphatic carbocycles. The smallest absolute Gasteiger partial charge is 0.224 e. The molecule has 3 aliphatic heterocycles. The van der Waals surface area contributed by atoms with Crippen molar-refractivity contribution in [3.8, 4) is 0 Å². The molecule has 3 aliphatic rings. The third-order valence-corrected chi connectivity index (χ3v) is 6.25. The molecule has 1 aromatic carbocycles. The number of hydrogen-bond donors (Lipinski definition) is 1. The van der Waals surface area contributed by atoms with Crippen molar-refractivity contribution in [1.29, 1.82) is 0 Å². The molecule has 23 heavy (non-hydrogen) atoms. The van der Waals surface area contributed by atoms with Gasteiger partial charge in [0.05, 0.1) is 5.92 Å². The summed E-state index contributed by atoms with van der Waals surface area (Å²) in [5, 5.41) is 3.85. The molecule has 0 unspecified atom stereocenters. The lowest BCUT2D eigenvalue weighted by molar-refractivity contribution is -0.122. The van der Waals surface area contributed by atoms with Crippen LogP contribution in [0.3, 0.4) is 0 Å². The van der Waals surface area contributed by atoms with Crippen LogP contribution in [-0.2, 0) is 4.79 Å². The summed E-state index contributed by atoms with van der Waals surface area (Å²) in [6.07, 6.45) is 2.35. The first-order valence-electron chi connectivity index (χ1n) is 8.64. The Kier molecular flexibility index (Phi) is 3.98. The molecule has 0 radical (unpaired) electrons. The number of halogens is 1. The van der Waals surface area contributed by atoms with E-state index in [-0.39, 0.29) is 11.8 Å². The van der Waals surface area contributed by atoms with Gasteiger partial charge in [-0.15, -0.1) is 0 Å². The van der Waals surface area contributed by atoms with Gasteiger partial charge in [-0.2, -0.15) is 0 Å². The van der Waals surface area contributed by atoms with Gasteiger partial charge in [-0.1, -0.05) is 17.7 Å². The van der Waals surface area contributed by atoms with E-state index in [1.54, 1.807) is 0 Å². The van der Waals surface area contributed by atoms with Gasteiger partial charge < -0.3 is 10.2 Å². The number of carbonyl (C=O) groups is 1. The second-order valence-corrected chi connectivity index (χ2v) is 7.62. The predicted molar refractivity (Wildman–Crippen MR) is 93.0 cm³/mol. The molecule has 1 amide bonds. The van der Waals surface area contributed by atoms with Crippen molar-refractivity contribution in [2.75, 3.05) is 37.6 Å². The van der Waals surface area contributed by atoms with Gasteiger partial charge in [-0.25, -0.2) is 0 Å². The van der Waals surface area contributed by atoms with Crippen LogP contribution in [0.15, 0.2) is 18.2 Å². The lowest BCUT2D eigenvalue weighted by Gasteiger charge is -2.38. The fourth-order valence-electron chi connectivity index (χ4n) is 4.34. The van der Waals surface area contributed by atoms with Crippen molar-refractivity contribution < 1.29 is 4.79 Å². The monoisotopic (exact) mass is 333 g/mol. The van der Waals surface area contributed by atoms with E-state index in [9.17, 15) is 4.79 Å². The summed E-state index contributed by atoms with van der Waals surface area (Å²) < 4.78 is 0. The number of fused-ring (bicyclic) bond motifs is 1. The summed E-state index contributed by atoms with van der Waals surface area (Å²) in [4.78, 5) is 16.8. The minimum atomic E-state index is 0.240. The molecule has 124 valence electrons. The molecule has 1 N–H and O–H groups in total. The number of amides is 1. The first-order chi connectivity index (χ1) is 11.1. The van der Waals surface area contributed by atoms with E-state index in [2.05, 4.69) is 33.3 Å². The standard InChI is InChI=1S/C18H24ClN3O/c1-12-2-3-15(8-17(12)19)21-6-4-14(5-7-21)22-10-13-9-20-18(23)16(13)11-22/h2-3,8,13-14,16H,4-7,9-11H2,1H3,(H,20,23)/t13-,16+/m0/s1. The number of nitrogens with one attached hydrogen (secondary N) is 1. The largest absolute Gasteiger partial charge is 0.371 e. The van der Waals surface area contributed by atoms with Crippen LogP contribution in [0.4, 0.5) is 5.69 Å². The molecular weight excluding hydrogens is 310 g/mol. The van der Waals surface area contributed by atoms with Gasteiger partial charge >= 0.3 is 0 Å².